The molecule has 0 radical (unpaired) electrons. The maximum atomic E-state index is 12.9. The van der Waals surface area contributed by atoms with Crippen LogP contribution in [-0.2, 0) is 16.0 Å². The highest BCUT2D eigenvalue weighted by Gasteiger charge is 2.43. The van der Waals surface area contributed by atoms with E-state index < -0.39 is 18.1 Å². The Morgan fingerprint density at radius 2 is 1.97 bits per heavy atom. The van der Waals surface area contributed by atoms with Gasteiger partial charge in [0.1, 0.15) is 6.04 Å². The van der Waals surface area contributed by atoms with Crippen molar-refractivity contribution in [1.29, 1.82) is 0 Å². The number of nitrogens with one attached hydrogen (secondary N) is 1. The minimum absolute atomic E-state index is 0.149. The van der Waals surface area contributed by atoms with Gasteiger partial charge in [0.2, 0.25) is 12.7 Å². The normalized spacial score (nSPS) is 20.0. The lowest BCUT2D eigenvalue weighted by Gasteiger charge is -2.40. The Hall–Kier alpha value is -3.48. The van der Waals surface area contributed by atoms with Gasteiger partial charge in [0.15, 0.2) is 11.5 Å². The third-order valence-corrected chi connectivity index (χ3v) is 5.72. The molecule has 3 heterocycles. The fourth-order valence-electron chi connectivity index (χ4n) is 4.40. The second kappa shape index (κ2) is 6.55. The number of aromatic amines is 1. The van der Waals surface area contributed by atoms with Crippen LogP contribution in [0.4, 0.5) is 0 Å². The summed E-state index contributed by atoms with van der Waals surface area (Å²) in [7, 11) is 0. The van der Waals surface area contributed by atoms with E-state index in [2.05, 4.69) is 4.98 Å². The van der Waals surface area contributed by atoms with E-state index in [9.17, 15) is 14.7 Å². The van der Waals surface area contributed by atoms with Crippen LogP contribution in [0.5, 0.6) is 11.5 Å². The van der Waals surface area contributed by atoms with E-state index in [-0.39, 0.29) is 25.5 Å². The summed E-state index contributed by atoms with van der Waals surface area (Å²) in [5.74, 6) is 0.0314. The number of para-hydroxylation sites is 1. The quantitative estimate of drug-likeness (QED) is 0.714. The van der Waals surface area contributed by atoms with Gasteiger partial charge in [-0.05, 0) is 29.3 Å². The molecule has 2 atom stereocenters. The van der Waals surface area contributed by atoms with Crippen LogP contribution >= 0.6 is 0 Å². The molecule has 0 spiro atoms. The average Bonchev–Trinajstić information content (AvgIpc) is 3.35. The Labute approximate surface area is 166 Å². The third-order valence-electron chi connectivity index (χ3n) is 5.72. The lowest BCUT2D eigenvalue weighted by Crippen LogP contribution is -2.51. The van der Waals surface area contributed by atoms with Gasteiger partial charge >= 0.3 is 5.97 Å². The van der Waals surface area contributed by atoms with Crippen LogP contribution < -0.4 is 9.47 Å². The standard InChI is InChI=1S/C22H20N2O5/c1-2-19(25)24-16(22(26)27)10-14-13-5-3-4-6-15(13)23-20(14)21(24)12-7-8-17-18(9-12)29-11-28-17/h3-9,16,21,23H,2,10-11H2,1H3,(H,26,27)/t16-,21+/m1/s1. The molecule has 1 aromatic heterocycles. The van der Waals surface area contributed by atoms with Crippen molar-refractivity contribution in [3.8, 4) is 11.5 Å². The Bertz CT molecular complexity index is 1140. The van der Waals surface area contributed by atoms with E-state index in [1.807, 2.05) is 36.4 Å². The lowest BCUT2D eigenvalue weighted by molar-refractivity contribution is -0.152. The topological polar surface area (TPSA) is 91.9 Å². The molecule has 0 saturated carbocycles. The molecule has 3 aromatic rings. The van der Waals surface area contributed by atoms with E-state index in [4.69, 9.17) is 9.47 Å². The van der Waals surface area contributed by atoms with Gasteiger partial charge in [-0.15, -0.1) is 0 Å². The maximum absolute atomic E-state index is 12.9. The highest BCUT2D eigenvalue weighted by molar-refractivity contribution is 5.90. The van der Waals surface area contributed by atoms with E-state index in [0.717, 1.165) is 27.7 Å². The summed E-state index contributed by atoms with van der Waals surface area (Å²) in [6.45, 7) is 1.90. The molecule has 0 aliphatic carbocycles. The maximum Gasteiger partial charge on any atom is 0.326 e. The molecule has 148 valence electrons. The van der Waals surface area contributed by atoms with Gasteiger partial charge < -0.3 is 24.5 Å². The number of carbonyl (C=O) groups excluding carboxylic acids is 1. The lowest BCUT2D eigenvalue weighted by atomic mass is 9.87. The summed E-state index contributed by atoms with van der Waals surface area (Å²) in [5.41, 5.74) is 3.51. The Balaban J connectivity index is 1.75. The minimum Gasteiger partial charge on any atom is -0.480 e. The zero-order valence-corrected chi connectivity index (χ0v) is 15.8. The van der Waals surface area contributed by atoms with Gasteiger partial charge in [0.05, 0.1) is 6.04 Å². The first kappa shape index (κ1) is 17.6. The molecule has 5 rings (SSSR count). The summed E-state index contributed by atoms with van der Waals surface area (Å²) >= 11 is 0. The van der Waals surface area contributed by atoms with Crippen molar-refractivity contribution < 1.29 is 24.2 Å². The number of fused-ring (bicyclic) bond motifs is 4. The van der Waals surface area contributed by atoms with E-state index >= 15 is 0 Å². The van der Waals surface area contributed by atoms with Crippen molar-refractivity contribution in [2.24, 2.45) is 0 Å². The van der Waals surface area contributed by atoms with Crippen LogP contribution in [0.1, 0.15) is 36.2 Å². The van der Waals surface area contributed by atoms with Crippen molar-refractivity contribution in [3.05, 3.63) is 59.3 Å². The van der Waals surface area contributed by atoms with Crippen molar-refractivity contribution in [3.63, 3.8) is 0 Å². The Morgan fingerprint density at radius 3 is 2.76 bits per heavy atom. The molecule has 2 N–H and O–H groups in total. The molecule has 7 heteroatoms. The van der Waals surface area contributed by atoms with Crippen LogP contribution in [0, 0.1) is 0 Å². The first-order valence-electron chi connectivity index (χ1n) is 9.61. The molecule has 2 aromatic carbocycles. The number of rotatable bonds is 3. The van der Waals surface area contributed by atoms with Gasteiger partial charge in [-0.25, -0.2) is 4.79 Å². The molecule has 2 aliphatic rings. The summed E-state index contributed by atoms with van der Waals surface area (Å²) in [6.07, 6.45) is 0.488. The molecule has 0 fully saturated rings. The predicted octanol–water partition coefficient (Wildman–Crippen LogP) is 3.23. The average molecular weight is 392 g/mol. The summed E-state index contributed by atoms with van der Waals surface area (Å²) in [5, 5.41) is 10.9. The molecule has 0 saturated heterocycles. The molecule has 7 nitrogen and oxygen atoms in total. The number of aromatic nitrogens is 1. The van der Waals surface area contributed by atoms with Crippen molar-refractivity contribution in [2.45, 2.75) is 31.8 Å². The second-order valence-corrected chi connectivity index (χ2v) is 7.29. The number of aliphatic carboxylic acids is 1. The van der Waals surface area contributed by atoms with Crippen LogP contribution in [0.3, 0.4) is 0 Å². The fourth-order valence-corrected chi connectivity index (χ4v) is 4.40. The van der Waals surface area contributed by atoms with Crippen LogP contribution in [0.25, 0.3) is 10.9 Å². The van der Waals surface area contributed by atoms with Gasteiger partial charge in [0.25, 0.3) is 0 Å². The number of hydrogen-bond acceptors (Lipinski definition) is 4. The van der Waals surface area contributed by atoms with Crippen LogP contribution in [0.15, 0.2) is 42.5 Å². The number of H-pyrrole nitrogens is 1. The first-order chi connectivity index (χ1) is 14.1. The minimum atomic E-state index is -1.01. The highest BCUT2D eigenvalue weighted by atomic mass is 16.7. The molecule has 29 heavy (non-hydrogen) atoms. The number of carbonyl (C=O) groups is 2. The molecule has 1 amide bonds. The number of carboxylic acid groups (broad SMARTS) is 1. The number of benzene rings is 2. The number of amides is 1. The van der Waals surface area contributed by atoms with Crippen LogP contribution in [0.2, 0.25) is 0 Å². The molecular weight excluding hydrogens is 372 g/mol. The second-order valence-electron chi connectivity index (χ2n) is 7.29. The highest BCUT2D eigenvalue weighted by Crippen LogP contribution is 2.43. The molecular formula is C22H20N2O5. The van der Waals surface area contributed by atoms with Gasteiger partial charge in [-0.2, -0.15) is 0 Å². The number of ether oxygens (including phenoxy) is 2. The largest absolute Gasteiger partial charge is 0.480 e. The Kier molecular flexibility index (Phi) is 3.97. The molecule has 0 unspecified atom stereocenters. The smallest absolute Gasteiger partial charge is 0.326 e. The van der Waals surface area contributed by atoms with Gasteiger partial charge in [0, 0.05) is 29.4 Å². The zero-order chi connectivity index (χ0) is 20.1. The van der Waals surface area contributed by atoms with Crippen molar-refractivity contribution in [2.75, 3.05) is 6.79 Å². The monoisotopic (exact) mass is 392 g/mol. The SMILES string of the molecule is CCC(=O)N1[C@@H](c2ccc3c(c2)OCO3)c2[nH]c3ccccc3c2C[C@@H]1C(=O)O. The predicted molar refractivity (Wildman–Crippen MR) is 105 cm³/mol. The van der Waals surface area contributed by atoms with Crippen LogP contribution in [-0.4, -0.2) is 39.7 Å². The van der Waals surface area contributed by atoms with E-state index in [1.54, 1.807) is 13.0 Å². The van der Waals surface area contributed by atoms with Gasteiger partial charge in [-0.1, -0.05) is 31.2 Å². The number of carboxylic acids is 1. The summed E-state index contributed by atoms with van der Waals surface area (Å²) in [4.78, 5) is 30.0. The zero-order valence-electron chi connectivity index (χ0n) is 15.8. The van der Waals surface area contributed by atoms with E-state index in [1.165, 1.54) is 4.90 Å². The summed E-state index contributed by atoms with van der Waals surface area (Å²) < 4.78 is 10.9. The fraction of sp³-hybridized carbons (Fsp3) is 0.273. The first-order valence-corrected chi connectivity index (χ1v) is 9.61. The van der Waals surface area contributed by atoms with Crippen molar-refractivity contribution >= 4 is 22.8 Å². The number of hydrogen-bond donors (Lipinski definition) is 2. The summed E-state index contributed by atoms with van der Waals surface area (Å²) in [6, 6.07) is 11.8. The number of nitrogens with zero attached hydrogens (tertiary/aromatic N) is 1. The Morgan fingerprint density at radius 1 is 1.17 bits per heavy atom. The third kappa shape index (κ3) is 2.65. The van der Waals surface area contributed by atoms with E-state index in [0.29, 0.717) is 11.5 Å². The van der Waals surface area contributed by atoms with Crippen molar-refractivity contribution in [1.82, 2.24) is 9.88 Å². The van der Waals surface area contributed by atoms with Gasteiger partial charge in [-0.3, -0.25) is 4.79 Å². The molecule has 2 aliphatic heterocycles. The molecule has 0 bridgehead atoms.